The van der Waals surface area contributed by atoms with E-state index in [2.05, 4.69) is 26.5 Å². The lowest BCUT2D eigenvalue weighted by molar-refractivity contribution is 0.269. The number of hydrogen-bond acceptors (Lipinski definition) is 7. The van der Waals surface area contributed by atoms with Gasteiger partial charge in [0.2, 0.25) is 0 Å². The van der Waals surface area contributed by atoms with E-state index in [-0.39, 0.29) is 0 Å². The standard InChI is InChI=1S/C14H21N5S2/c1-9(19-5-3-4-6-19)7-16-14-12(13(15)18-21-14)11-8-20-10(2)17-11/h8-9,16H,3-7H2,1-2H3,(H2,15,18). The lowest BCUT2D eigenvalue weighted by Gasteiger charge is -2.24. The maximum absolute atomic E-state index is 6.02. The smallest absolute Gasteiger partial charge is 0.148 e. The predicted molar refractivity (Wildman–Crippen MR) is 91.1 cm³/mol. The van der Waals surface area contributed by atoms with Crippen LogP contribution in [0.25, 0.3) is 11.3 Å². The van der Waals surface area contributed by atoms with Gasteiger partial charge in [-0.3, -0.25) is 4.90 Å². The molecule has 1 aliphatic heterocycles. The summed E-state index contributed by atoms with van der Waals surface area (Å²) in [5.41, 5.74) is 7.91. The van der Waals surface area contributed by atoms with Gasteiger partial charge in [-0.2, -0.15) is 4.37 Å². The molecule has 0 spiro atoms. The molecular weight excluding hydrogens is 302 g/mol. The van der Waals surface area contributed by atoms with E-state index in [9.17, 15) is 0 Å². The van der Waals surface area contributed by atoms with Crippen LogP contribution in [0.1, 0.15) is 24.8 Å². The molecule has 7 heteroatoms. The van der Waals surface area contributed by atoms with Crippen LogP contribution in [0, 0.1) is 6.92 Å². The van der Waals surface area contributed by atoms with Crippen LogP contribution in [-0.2, 0) is 0 Å². The summed E-state index contributed by atoms with van der Waals surface area (Å²) >= 11 is 3.06. The van der Waals surface area contributed by atoms with E-state index in [1.807, 2.05) is 12.3 Å². The molecule has 21 heavy (non-hydrogen) atoms. The van der Waals surface area contributed by atoms with Gasteiger partial charge in [0, 0.05) is 18.0 Å². The first-order chi connectivity index (χ1) is 10.1. The highest BCUT2D eigenvalue weighted by Gasteiger charge is 2.20. The molecule has 1 unspecified atom stereocenters. The Morgan fingerprint density at radius 3 is 2.86 bits per heavy atom. The molecule has 2 aromatic heterocycles. The maximum Gasteiger partial charge on any atom is 0.148 e. The molecule has 3 rings (SSSR count). The molecule has 0 saturated carbocycles. The fraction of sp³-hybridized carbons (Fsp3) is 0.571. The van der Waals surface area contributed by atoms with Gasteiger partial charge < -0.3 is 11.1 Å². The quantitative estimate of drug-likeness (QED) is 0.885. The van der Waals surface area contributed by atoms with Gasteiger partial charge in [0.1, 0.15) is 10.8 Å². The van der Waals surface area contributed by atoms with Gasteiger partial charge in [-0.15, -0.1) is 11.3 Å². The molecule has 0 aliphatic carbocycles. The van der Waals surface area contributed by atoms with Crippen molar-refractivity contribution >= 4 is 33.7 Å². The van der Waals surface area contributed by atoms with Crippen LogP contribution in [0.3, 0.4) is 0 Å². The number of thiazole rings is 1. The van der Waals surface area contributed by atoms with Crippen molar-refractivity contribution in [2.45, 2.75) is 32.7 Å². The van der Waals surface area contributed by atoms with Gasteiger partial charge in [-0.25, -0.2) is 4.98 Å². The zero-order valence-corrected chi connectivity index (χ0v) is 14.1. The lowest BCUT2D eigenvalue weighted by atomic mass is 10.2. The molecule has 0 amide bonds. The number of aryl methyl sites for hydroxylation is 1. The summed E-state index contributed by atoms with van der Waals surface area (Å²) in [6.07, 6.45) is 2.64. The van der Waals surface area contributed by atoms with E-state index >= 15 is 0 Å². The Balaban J connectivity index is 1.71. The third kappa shape index (κ3) is 3.20. The summed E-state index contributed by atoms with van der Waals surface area (Å²) in [5.74, 6) is 0.571. The number of rotatable bonds is 5. The van der Waals surface area contributed by atoms with Crippen LogP contribution in [-0.4, -0.2) is 39.9 Å². The molecule has 0 aromatic carbocycles. The highest BCUT2D eigenvalue weighted by atomic mass is 32.1. The molecule has 0 radical (unpaired) electrons. The molecule has 2 aromatic rings. The molecule has 3 heterocycles. The van der Waals surface area contributed by atoms with Crippen molar-refractivity contribution in [2.75, 3.05) is 30.7 Å². The average molecular weight is 323 g/mol. The number of likely N-dealkylation sites (tertiary alicyclic amines) is 1. The summed E-state index contributed by atoms with van der Waals surface area (Å²) in [7, 11) is 0. The summed E-state index contributed by atoms with van der Waals surface area (Å²) in [4.78, 5) is 7.07. The lowest BCUT2D eigenvalue weighted by Crippen LogP contribution is -2.35. The summed E-state index contributed by atoms with van der Waals surface area (Å²) in [6, 6.07) is 0.529. The van der Waals surface area contributed by atoms with Crippen LogP contribution < -0.4 is 11.1 Å². The minimum Gasteiger partial charge on any atom is -0.382 e. The Bertz CT molecular complexity index is 600. The number of nitrogens with zero attached hydrogens (tertiary/aromatic N) is 3. The van der Waals surface area contributed by atoms with E-state index in [4.69, 9.17) is 5.73 Å². The number of hydrogen-bond donors (Lipinski definition) is 2. The molecule has 3 N–H and O–H groups in total. The summed E-state index contributed by atoms with van der Waals surface area (Å²) < 4.78 is 4.29. The summed E-state index contributed by atoms with van der Waals surface area (Å²) in [6.45, 7) is 7.62. The van der Waals surface area contributed by atoms with Gasteiger partial charge in [0.05, 0.1) is 16.3 Å². The van der Waals surface area contributed by atoms with Gasteiger partial charge in [0.25, 0.3) is 0 Å². The first kappa shape index (κ1) is 14.7. The Morgan fingerprint density at radius 1 is 1.43 bits per heavy atom. The van der Waals surface area contributed by atoms with Gasteiger partial charge in [-0.1, -0.05) is 0 Å². The average Bonchev–Trinajstić information content (AvgIpc) is 3.17. The molecule has 1 saturated heterocycles. The first-order valence-electron chi connectivity index (χ1n) is 7.30. The third-order valence-electron chi connectivity index (χ3n) is 3.92. The summed E-state index contributed by atoms with van der Waals surface area (Å²) in [5, 5.41) is 7.64. The van der Waals surface area contributed by atoms with Crippen molar-refractivity contribution in [1.29, 1.82) is 0 Å². The minimum atomic E-state index is 0.529. The van der Waals surface area contributed by atoms with Crippen molar-refractivity contribution in [1.82, 2.24) is 14.3 Å². The fourth-order valence-electron chi connectivity index (χ4n) is 2.70. The van der Waals surface area contributed by atoms with Gasteiger partial charge in [-0.05, 0) is 51.3 Å². The predicted octanol–water partition coefficient (Wildman–Crippen LogP) is 3.05. The molecule has 1 fully saturated rings. The van der Waals surface area contributed by atoms with E-state index in [1.165, 1.54) is 37.5 Å². The number of nitrogens with two attached hydrogens (primary N) is 1. The normalized spacial score (nSPS) is 17.2. The molecule has 0 bridgehead atoms. The second-order valence-electron chi connectivity index (χ2n) is 5.50. The monoisotopic (exact) mass is 323 g/mol. The van der Waals surface area contributed by atoms with Crippen molar-refractivity contribution in [3.8, 4) is 11.3 Å². The molecular formula is C14H21N5S2. The molecule has 1 atom stereocenters. The second-order valence-corrected chi connectivity index (χ2v) is 7.33. The number of nitrogen functional groups attached to an aromatic ring is 1. The largest absolute Gasteiger partial charge is 0.382 e. The number of aromatic nitrogens is 2. The van der Waals surface area contributed by atoms with E-state index in [0.717, 1.165) is 27.8 Å². The topological polar surface area (TPSA) is 67.1 Å². The minimum absolute atomic E-state index is 0.529. The van der Waals surface area contributed by atoms with Crippen LogP contribution in [0.15, 0.2) is 5.38 Å². The molecule has 1 aliphatic rings. The SMILES string of the molecule is Cc1nc(-c2c(N)nsc2NCC(C)N2CCCC2)cs1. The second kappa shape index (κ2) is 6.29. The van der Waals surface area contributed by atoms with Gasteiger partial charge in [0.15, 0.2) is 0 Å². The van der Waals surface area contributed by atoms with Crippen LogP contribution >= 0.6 is 22.9 Å². The third-order valence-corrected chi connectivity index (χ3v) is 5.51. The Morgan fingerprint density at radius 2 is 2.19 bits per heavy atom. The van der Waals surface area contributed by atoms with Crippen molar-refractivity contribution in [3.63, 3.8) is 0 Å². The molecule has 5 nitrogen and oxygen atoms in total. The maximum atomic E-state index is 6.02. The number of anilines is 2. The highest BCUT2D eigenvalue weighted by molar-refractivity contribution is 7.11. The van der Waals surface area contributed by atoms with Crippen molar-refractivity contribution in [2.24, 2.45) is 0 Å². The van der Waals surface area contributed by atoms with Crippen LogP contribution in [0.2, 0.25) is 0 Å². The Labute approximate surface area is 133 Å². The van der Waals surface area contributed by atoms with E-state index in [0.29, 0.717) is 11.9 Å². The van der Waals surface area contributed by atoms with E-state index < -0.39 is 0 Å². The van der Waals surface area contributed by atoms with Crippen molar-refractivity contribution < 1.29 is 0 Å². The Kier molecular flexibility index (Phi) is 4.42. The van der Waals surface area contributed by atoms with Gasteiger partial charge >= 0.3 is 0 Å². The van der Waals surface area contributed by atoms with Crippen molar-refractivity contribution in [3.05, 3.63) is 10.4 Å². The highest BCUT2D eigenvalue weighted by Crippen LogP contribution is 2.37. The van der Waals surface area contributed by atoms with E-state index in [1.54, 1.807) is 11.3 Å². The number of nitrogens with one attached hydrogen (secondary N) is 1. The van der Waals surface area contributed by atoms with Crippen LogP contribution in [0.4, 0.5) is 10.8 Å². The Hall–Kier alpha value is -1.18. The zero-order valence-electron chi connectivity index (χ0n) is 12.4. The van der Waals surface area contributed by atoms with Crippen LogP contribution in [0.5, 0.6) is 0 Å². The first-order valence-corrected chi connectivity index (χ1v) is 8.96. The zero-order chi connectivity index (χ0) is 14.8. The molecule has 114 valence electrons. The fourth-order valence-corrected chi connectivity index (χ4v) is 4.03.